The van der Waals surface area contributed by atoms with E-state index >= 15 is 0 Å². The minimum atomic E-state index is 0.283. The Bertz CT molecular complexity index is 623. The van der Waals surface area contributed by atoms with E-state index in [4.69, 9.17) is 5.73 Å². The second kappa shape index (κ2) is 5.00. The highest BCUT2D eigenvalue weighted by molar-refractivity contribution is 5.81. The highest BCUT2D eigenvalue weighted by atomic mass is 15.2. The summed E-state index contributed by atoms with van der Waals surface area (Å²) < 4.78 is 0. The number of fused-ring (bicyclic) bond motifs is 1. The lowest BCUT2D eigenvalue weighted by Gasteiger charge is -2.21. The van der Waals surface area contributed by atoms with E-state index < -0.39 is 0 Å². The first-order valence-electron chi connectivity index (χ1n) is 6.89. The van der Waals surface area contributed by atoms with Crippen molar-refractivity contribution in [3.05, 3.63) is 36.2 Å². The number of nitrogen functional groups attached to an aromatic ring is 1. The average Bonchev–Trinajstić information content (AvgIpc) is 2.85. The predicted octanol–water partition coefficient (Wildman–Crippen LogP) is 2.57. The van der Waals surface area contributed by atoms with Crippen LogP contribution in [-0.2, 0) is 6.42 Å². The standard InChI is InChI=1S/C15H19N5/c1-10(2)19-14-13(16)15(18-9-17-14)20-8-7-11-5-3-4-6-12(11)20/h3-6,9-10H,7-8,16H2,1-2H3,(H,17,18,19). The SMILES string of the molecule is CC(C)Nc1ncnc(N2CCc3ccccc32)c1N. The average molecular weight is 269 g/mol. The Morgan fingerprint density at radius 1 is 1.25 bits per heavy atom. The number of hydrogen-bond donors (Lipinski definition) is 2. The number of nitrogens with zero attached hydrogens (tertiary/aromatic N) is 3. The van der Waals surface area contributed by atoms with Crippen LogP contribution in [-0.4, -0.2) is 22.6 Å². The van der Waals surface area contributed by atoms with Crippen molar-refractivity contribution >= 4 is 23.0 Å². The molecule has 3 rings (SSSR count). The number of anilines is 4. The second-order valence-corrected chi connectivity index (χ2v) is 5.29. The van der Waals surface area contributed by atoms with Crippen molar-refractivity contribution in [3.63, 3.8) is 0 Å². The lowest BCUT2D eigenvalue weighted by atomic mass is 10.2. The largest absolute Gasteiger partial charge is 0.393 e. The van der Waals surface area contributed by atoms with Crippen LogP contribution >= 0.6 is 0 Å². The molecule has 2 aromatic rings. The fourth-order valence-electron chi connectivity index (χ4n) is 2.55. The van der Waals surface area contributed by atoms with Gasteiger partial charge in [0.05, 0.1) is 0 Å². The molecule has 5 heteroatoms. The van der Waals surface area contributed by atoms with Crippen molar-refractivity contribution in [2.75, 3.05) is 22.5 Å². The first kappa shape index (κ1) is 12.7. The number of rotatable bonds is 3. The van der Waals surface area contributed by atoms with Gasteiger partial charge in [0.15, 0.2) is 11.6 Å². The maximum absolute atomic E-state index is 6.24. The molecule has 0 fully saturated rings. The van der Waals surface area contributed by atoms with Crippen molar-refractivity contribution < 1.29 is 0 Å². The van der Waals surface area contributed by atoms with E-state index in [-0.39, 0.29) is 6.04 Å². The molecular formula is C15H19N5. The van der Waals surface area contributed by atoms with Crippen molar-refractivity contribution in [1.82, 2.24) is 9.97 Å². The lowest BCUT2D eigenvalue weighted by Crippen LogP contribution is -2.19. The summed E-state index contributed by atoms with van der Waals surface area (Å²) >= 11 is 0. The third kappa shape index (κ3) is 2.15. The fraction of sp³-hybridized carbons (Fsp3) is 0.333. The molecule has 3 N–H and O–H groups in total. The lowest BCUT2D eigenvalue weighted by molar-refractivity contribution is 0.884. The third-order valence-corrected chi connectivity index (χ3v) is 3.43. The van der Waals surface area contributed by atoms with E-state index in [1.165, 1.54) is 11.3 Å². The summed E-state index contributed by atoms with van der Waals surface area (Å²) in [5.74, 6) is 1.49. The molecule has 0 aliphatic carbocycles. The molecule has 0 unspecified atom stereocenters. The minimum Gasteiger partial charge on any atom is -0.393 e. The molecule has 0 atom stereocenters. The van der Waals surface area contributed by atoms with Gasteiger partial charge in [-0.05, 0) is 31.9 Å². The zero-order valence-electron chi connectivity index (χ0n) is 11.8. The highest BCUT2D eigenvalue weighted by Gasteiger charge is 2.23. The Balaban J connectivity index is 2.00. The normalized spacial score (nSPS) is 13.7. The molecule has 0 bridgehead atoms. The zero-order chi connectivity index (χ0) is 14.1. The summed E-state index contributed by atoms with van der Waals surface area (Å²) in [6.45, 7) is 5.03. The summed E-state index contributed by atoms with van der Waals surface area (Å²) in [5.41, 5.74) is 9.37. The summed E-state index contributed by atoms with van der Waals surface area (Å²) in [5, 5.41) is 3.26. The monoisotopic (exact) mass is 269 g/mol. The molecule has 0 radical (unpaired) electrons. The van der Waals surface area contributed by atoms with Gasteiger partial charge < -0.3 is 16.0 Å². The van der Waals surface area contributed by atoms with Crippen molar-refractivity contribution in [2.24, 2.45) is 0 Å². The number of nitrogens with one attached hydrogen (secondary N) is 1. The van der Waals surface area contributed by atoms with Gasteiger partial charge in [-0.1, -0.05) is 18.2 Å². The van der Waals surface area contributed by atoms with Crippen LogP contribution in [0.4, 0.5) is 23.0 Å². The molecule has 0 spiro atoms. The van der Waals surface area contributed by atoms with E-state index in [1.54, 1.807) is 6.33 Å². The van der Waals surface area contributed by atoms with Crippen LogP contribution in [0.25, 0.3) is 0 Å². The number of nitrogens with two attached hydrogens (primary N) is 1. The molecule has 1 aromatic heterocycles. The van der Waals surface area contributed by atoms with E-state index in [0.29, 0.717) is 11.5 Å². The molecular weight excluding hydrogens is 250 g/mol. The van der Waals surface area contributed by atoms with Gasteiger partial charge in [-0.2, -0.15) is 0 Å². The summed E-state index contributed by atoms with van der Waals surface area (Å²) in [4.78, 5) is 10.8. The zero-order valence-corrected chi connectivity index (χ0v) is 11.8. The van der Waals surface area contributed by atoms with Crippen LogP contribution in [0.1, 0.15) is 19.4 Å². The fourth-order valence-corrected chi connectivity index (χ4v) is 2.55. The highest BCUT2D eigenvalue weighted by Crippen LogP contribution is 2.37. The maximum atomic E-state index is 6.24. The van der Waals surface area contributed by atoms with Gasteiger partial charge >= 0.3 is 0 Å². The molecule has 0 saturated heterocycles. The van der Waals surface area contributed by atoms with E-state index in [2.05, 4.69) is 52.2 Å². The van der Waals surface area contributed by atoms with Crippen molar-refractivity contribution in [3.8, 4) is 0 Å². The molecule has 104 valence electrons. The van der Waals surface area contributed by atoms with Gasteiger partial charge in [0.25, 0.3) is 0 Å². The number of aromatic nitrogens is 2. The molecule has 1 aromatic carbocycles. The number of para-hydroxylation sites is 1. The number of hydrogen-bond acceptors (Lipinski definition) is 5. The molecule has 0 saturated carbocycles. The summed E-state index contributed by atoms with van der Waals surface area (Å²) in [6.07, 6.45) is 2.59. The van der Waals surface area contributed by atoms with Crippen LogP contribution in [0.2, 0.25) is 0 Å². The molecule has 1 aliphatic heterocycles. The first-order valence-corrected chi connectivity index (χ1v) is 6.89. The molecule has 0 amide bonds. The molecule has 5 nitrogen and oxygen atoms in total. The van der Waals surface area contributed by atoms with Gasteiger partial charge in [0, 0.05) is 18.3 Å². The van der Waals surface area contributed by atoms with E-state index in [1.807, 2.05) is 6.07 Å². The minimum absolute atomic E-state index is 0.283. The van der Waals surface area contributed by atoms with E-state index in [9.17, 15) is 0 Å². The van der Waals surface area contributed by atoms with Crippen LogP contribution in [0.15, 0.2) is 30.6 Å². The van der Waals surface area contributed by atoms with Gasteiger partial charge in [-0.15, -0.1) is 0 Å². The van der Waals surface area contributed by atoms with Crippen LogP contribution < -0.4 is 16.0 Å². The van der Waals surface area contributed by atoms with Gasteiger partial charge in [-0.3, -0.25) is 0 Å². The summed E-state index contributed by atoms with van der Waals surface area (Å²) in [6, 6.07) is 8.66. The van der Waals surface area contributed by atoms with Crippen molar-refractivity contribution in [1.29, 1.82) is 0 Å². The Morgan fingerprint density at radius 3 is 2.85 bits per heavy atom. The first-order chi connectivity index (χ1) is 9.66. The van der Waals surface area contributed by atoms with Gasteiger partial charge in [-0.25, -0.2) is 9.97 Å². The smallest absolute Gasteiger partial charge is 0.161 e. The Kier molecular flexibility index (Phi) is 3.18. The van der Waals surface area contributed by atoms with Crippen LogP contribution in [0, 0.1) is 0 Å². The topological polar surface area (TPSA) is 67.1 Å². The maximum Gasteiger partial charge on any atom is 0.161 e. The Morgan fingerprint density at radius 2 is 2.05 bits per heavy atom. The molecule has 20 heavy (non-hydrogen) atoms. The Hall–Kier alpha value is -2.30. The van der Waals surface area contributed by atoms with Gasteiger partial charge in [0.1, 0.15) is 12.0 Å². The van der Waals surface area contributed by atoms with Crippen LogP contribution in [0.5, 0.6) is 0 Å². The summed E-state index contributed by atoms with van der Waals surface area (Å²) in [7, 11) is 0. The van der Waals surface area contributed by atoms with Crippen molar-refractivity contribution in [2.45, 2.75) is 26.3 Å². The third-order valence-electron chi connectivity index (χ3n) is 3.43. The Labute approximate surface area is 118 Å². The molecule has 2 heterocycles. The van der Waals surface area contributed by atoms with Crippen LogP contribution in [0.3, 0.4) is 0 Å². The second-order valence-electron chi connectivity index (χ2n) is 5.29. The van der Waals surface area contributed by atoms with Gasteiger partial charge in [0.2, 0.25) is 0 Å². The predicted molar refractivity (Wildman–Crippen MR) is 82.4 cm³/mol. The van der Waals surface area contributed by atoms with E-state index in [0.717, 1.165) is 18.8 Å². The number of benzene rings is 1. The quantitative estimate of drug-likeness (QED) is 0.896. The molecule has 1 aliphatic rings.